The fraction of sp³-hybridized carbons (Fsp3) is 0.667. The third-order valence-electron chi connectivity index (χ3n) is 2.19. The zero-order valence-corrected chi connectivity index (χ0v) is 4.92. The first kappa shape index (κ1) is 5.23. The Hall–Kier alpha value is -0.570. The zero-order valence-electron chi connectivity index (χ0n) is 4.92. The van der Waals surface area contributed by atoms with Gasteiger partial charge in [0, 0.05) is 12.0 Å². The van der Waals surface area contributed by atoms with Crippen LogP contribution in [0.5, 0.6) is 0 Å². The molecule has 9 heavy (non-hydrogen) atoms. The average Bonchev–Trinajstić information content (AvgIpc) is 2.37. The normalized spacial score (nSPS) is 35.8. The van der Waals surface area contributed by atoms with E-state index in [1.807, 2.05) is 0 Å². The van der Waals surface area contributed by atoms with Crippen molar-refractivity contribution in [2.24, 2.45) is 5.41 Å². The van der Waals surface area contributed by atoms with Gasteiger partial charge >= 0.3 is 5.97 Å². The van der Waals surface area contributed by atoms with Crippen LogP contribution >= 0.6 is 0 Å². The Balaban J connectivity index is 2.07. The predicted octanol–water partition coefficient (Wildman–Crippen LogP) is -0.363. The highest BCUT2D eigenvalue weighted by Crippen LogP contribution is 2.51. The van der Waals surface area contributed by atoms with E-state index in [1.165, 1.54) is 0 Å². The van der Waals surface area contributed by atoms with Crippen LogP contribution in [0.25, 0.3) is 0 Å². The van der Waals surface area contributed by atoms with Crippen molar-refractivity contribution >= 4 is 5.97 Å². The van der Waals surface area contributed by atoms with Gasteiger partial charge in [0.15, 0.2) is 0 Å². The highest BCUT2D eigenvalue weighted by molar-refractivity contribution is 5.77. The summed E-state index contributed by atoms with van der Waals surface area (Å²) in [5.41, 5.74) is 0.0752. The lowest BCUT2D eigenvalue weighted by atomic mass is 9.88. The van der Waals surface area contributed by atoms with Gasteiger partial charge in [-0.15, -0.1) is 0 Å². The van der Waals surface area contributed by atoms with Crippen LogP contribution in [0.2, 0.25) is 0 Å². The molecule has 2 rings (SSSR count). The summed E-state index contributed by atoms with van der Waals surface area (Å²) >= 11 is 0. The second-order valence-electron chi connectivity index (χ2n) is 2.79. The maximum atomic E-state index is 10.4. The Labute approximate surface area is 53.1 Å². The molecule has 1 saturated heterocycles. The number of aliphatic carboxylic acids is 1. The molecule has 1 spiro atoms. The first-order valence-corrected chi connectivity index (χ1v) is 3.05. The molecular formula is C6H8NO2. The van der Waals surface area contributed by atoms with Crippen molar-refractivity contribution < 1.29 is 9.90 Å². The van der Waals surface area contributed by atoms with Gasteiger partial charge < -0.3 is 10.4 Å². The molecule has 3 nitrogen and oxygen atoms in total. The van der Waals surface area contributed by atoms with Crippen LogP contribution in [0.4, 0.5) is 0 Å². The minimum absolute atomic E-state index is 0.0752. The van der Waals surface area contributed by atoms with Gasteiger partial charge in [-0.25, -0.2) is 0 Å². The van der Waals surface area contributed by atoms with Gasteiger partial charge in [0.1, 0.15) is 6.04 Å². The lowest BCUT2D eigenvalue weighted by molar-refractivity contribution is -0.144. The number of carboxylic acid groups (broad SMARTS) is 1. The fourth-order valence-electron chi connectivity index (χ4n) is 1.31. The summed E-state index contributed by atoms with van der Waals surface area (Å²) in [6.07, 6.45) is 3.05. The Morgan fingerprint density at radius 3 is 2.67 bits per heavy atom. The molecule has 0 bridgehead atoms. The first-order valence-electron chi connectivity index (χ1n) is 3.05. The number of hydrogen-bond donors (Lipinski definition) is 2. The van der Waals surface area contributed by atoms with E-state index in [9.17, 15) is 4.79 Å². The topological polar surface area (TPSA) is 49.3 Å². The Kier molecular flexibility index (Phi) is 0.750. The second kappa shape index (κ2) is 1.29. The Morgan fingerprint density at radius 1 is 1.89 bits per heavy atom. The standard InChI is InChI=1S/C6H8NO2/c8-5(9)4-6(1-2-6)3-7-4/h1,4,7H,2-3H2,(H,8,9). The summed E-state index contributed by atoms with van der Waals surface area (Å²) in [5, 5.41) is 11.4. The molecule has 49 valence electrons. The molecule has 1 radical (unpaired) electrons. The van der Waals surface area contributed by atoms with Crippen molar-refractivity contribution in [2.45, 2.75) is 12.5 Å². The van der Waals surface area contributed by atoms with Gasteiger partial charge in [0.2, 0.25) is 0 Å². The minimum atomic E-state index is -0.713. The number of carboxylic acids is 1. The van der Waals surface area contributed by atoms with Crippen molar-refractivity contribution in [3.8, 4) is 0 Å². The summed E-state index contributed by atoms with van der Waals surface area (Å²) in [7, 11) is 0. The number of rotatable bonds is 1. The van der Waals surface area contributed by atoms with Gasteiger partial charge in [0.05, 0.1) is 0 Å². The second-order valence-corrected chi connectivity index (χ2v) is 2.79. The third-order valence-corrected chi connectivity index (χ3v) is 2.19. The van der Waals surface area contributed by atoms with Crippen molar-refractivity contribution in [3.63, 3.8) is 0 Å². The molecule has 2 fully saturated rings. The van der Waals surface area contributed by atoms with Crippen LogP contribution in [-0.4, -0.2) is 23.7 Å². The van der Waals surface area contributed by atoms with Crippen LogP contribution in [-0.2, 0) is 4.79 Å². The van der Waals surface area contributed by atoms with E-state index in [-0.39, 0.29) is 11.5 Å². The van der Waals surface area contributed by atoms with Crippen LogP contribution in [0, 0.1) is 11.8 Å². The SMILES string of the molecule is O=C(O)C1NCC12[CH]C2. The van der Waals surface area contributed by atoms with Crippen molar-refractivity contribution in [1.82, 2.24) is 5.32 Å². The van der Waals surface area contributed by atoms with Gasteiger partial charge in [-0.2, -0.15) is 0 Å². The molecule has 1 saturated carbocycles. The van der Waals surface area contributed by atoms with Crippen LogP contribution in [0.1, 0.15) is 6.42 Å². The monoisotopic (exact) mass is 126 g/mol. The van der Waals surface area contributed by atoms with Crippen molar-refractivity contribution in [1.29, 1.82) is 0 Å². The number of nitrogens with one attached hydrogen (secondary N) is 1. The summed E-state index contributed by atoms with van der Waals surface area (Å²) in [4.78, 5) is 10.4. The van der Waals surface area contributed by atoms with Crippen molar-refractivity contribution in [2.75, 3.05) is 6.54 Å². The highest BCUT2D eigenvalue weighted by Gasteiger charge is 2.59. The van der Waals surface area contributed by atoms with Crippen LogP contribution in [0.3, 0.4) is 0 Å². The maximum Gasteiger partial charge on any atom is 0.321 e. The molecule has 2 N–H and O–H groups in total. The van der Waals surface area contributed by atoms with Crippen LogP contribution < -0.4 is 5.32 Å². The molecule has 0 aromatic rings. The summed E-state index contributed by atoms with van der Waals surface area (Å²) < 4.78 is 0. The van der Waals surface area contributed by atoms with E-state index >= 15 is 0 Å². The molecule has 0 aromatic heterocycles. The van der Waals surface area contributed by atoms with Crippen LogP contribution in [0.15, 0.2) is 0 Å². The number of hydrogen-bond acceptors (Lipinski definition) is 2. The van der Waals surface area contributed by atoms with Gasteiger partial charge in [-0.3, -0.25) is 4.79 Å². The third kappa shape index (κ3) is 0.525. The lowest BCUT2D eigenvalue weighted by Crippen LogP contribution is -2.59. The smallest absolute Gasteiger partial charge is 0.321 e. The molecule has 2 unspecified atom stereocenters. The van der Waals surface area contributed by atoms with E-state index in [4.69, 9.17) is 5.11 Å². The van der Waals surface area contributed by atoms with Crippen molar-refractivity contribution in [3.05, 3.63) is 6.42 Å². The summed E-state index contributed by atoms with van der Waals surface area (Å²) in [5.74, 6) is -0.713. The van der Waals surface area contributed by atoms with Gasteiger partial charge in [-0.05, 0) is 12.8 Å². The summed E-state index contributed by atoms with van der Waals surface area (Å²) in [6, 6.07) is -0.280. The molecule has 0 amide bonds. The molecule has 1 aliphatic carbocycles. The Morgan fingerprint density at radius 2 is 2.56 bits per heavy atom. The van der Waals surface area contributed by atoms with Gasteiger partial charge in [0.25, 0.3) is 0 Å². The average molecular weight is 126 g/mol. The van der Waals surface area contributed by atoms with E-state index in [1.54, 1.807) is 0 Å². The molecule has 2 aliphatic rings. The molecule has 1 aliphatic heterocycles. The van der Waals surface area contributed by atoms with E-state index in [2.05, 4.69) is 11.7 Å². The molecule has 3 heteroatoms. The molecular weight excluding hydrogens is 118 g/mol. The quantitative estimate of drug-likeness (QED) is 0.504. The largest absolute Gasteiger partial charge is 0.480 e. The Bertz CT molecular complexity index is 162. The first-order chi connectivity index (χ1) is 4.25. The zero-order chi connectivity index (χ0) is 6.48. The molecule has 2 atom stereocenters. The molecule has 1 heterocycles. The fourth-order valence-corrected chi connectivity index (χ4v) is 1.31. The van der Waals surface area contributed by atoms with Gasteiger partial charge in [-0.1, -0.05) is 0 Å². The van der Waals surface area contributed by atoms with E-state index in [0.29, 0.717) is 0 Å². The lowest BCUT2D eigenvalue weighted by Gasteiger charge is -2.34. The number of carbonyl (C=O) groups is 1. The summed E-state index contributed by atoms with van der Waals surface area (Å²) in [6.45, 7) is 0.865. The highest BCUT2D eigenvalue weighted by atomic mass is 16.4. The predicted molar refractivity (Wildman–Crippen MR) is 30.8 cm³/mol. The maximum absolute atomic E-state index is 10.4. The minimum Gasteiger partial charge on any atom is -0.480 e. The van der Waals surface area contributed by atoms with E-state index < -0.39 is 5.97 Å². The molecule has 0 aromatic carbocycles. The van der Waals surface area contributed by atoms with E-state index in [0.717, 1.165) is 13.0 Å².